The van der Waals surface area contributed by atoms with Gasteiger partial charge in [0.1, 0.15) is 11.6 Å². The molecular formula is C41H59N3O3Si. The number of rotatable bonds is 10. The average Bonchev–Trinajstić information content (AvgIpc) is 3.07. The number of benzene rings is 2. The highest BCUT2D eigenvalue weighted by molar-refractivity contribution is 6.74. The van der Waals surface area contributed by atoms with Crippen LogP contribution in [0.5, 0.6) is 5.75 Å². The number of hydrogen-bond donors (Lipinski definition) is 0. The smallest absolute Gasteiger partial charge is 0.230 e. The Balaban J connectivity index is 1.32. The molecule has 2 fully saturated rings. The quantitative estimate of drug-likeness (QED) is 0.201. The molecular weight excluding hydrogens is 611 g/mol. The molecule has 0 saturated heterocycles. The molecule has 1 amide bonds. The highest BCUT2D eigenvalue weighted by atomic mass is 28.4. The molecule has 260 valence electrons. The Kier molecular flexibility index (Phi) is 11.4. The van der Waals surface area contributed by atoms with E-state index in [1.54, 1.807) is 7.11 Å². The van der Waals surface area contributed by atoms with Gasteiger partial charge in [0.15, 0.2) is 8.32 Å². The average molecular weight is 670 g/mol. The molecule has 2 aromatic carbocycles. The number of aromatic nitrogens is 1. The molecule has 0 spiro atoms. The van der Waals surface area contributed by atoms with E-state index in [9.17, 15) is 4.79 Å². The number of ether oxygens (including phenoxy) is 1. The molecule has 0 N–H and O–H groups in total. The Hall–Kier alpha value is -3.16. The van der Waals surface area contributed by atoms with Crippen LogP contribution in [0.25, 0.3) is 11.1 Å². The van der Waals surface area contributed by atoms with Crippen molar-refractivity contribution in [3.63, 3.8) is 0 Å². The summed E-state index contributed by atoms with van der Waals surface area (Å²) < 4.78 is 12.3. The van der Waals surface area contributed by atoms with E-state index < -0.39 is 8.32 Å². The van der Waals surface area contributed by atoms with Gasteiger partial charge in [0, 0.05) is 50.1 Å². The third-order valence-electron chi connectivity index (χ3n) is 11.4. The first kappa shape index (κ1) is 36.1. The Labute approximate surface area is 291 Å². The minimum Gasteiger partial charge on any atom is -0.496 e. The molecule has 2 aliphatic rings. The van der Waals surface area contributed by atoms with Crippen molar-refractivity contribution in [1.29, 1.82) is 0 Å². The van der Waals surface area contributed by atoms with Crippen molar-refractivity contribution in [3.05, 3.63) is 71.9 Å². The number of aryl methyl sites for hydroxylation is 1. The van der Waals surface area contributed by atoms with Crippen LogP contribution in [0.3, 0.4) is 0 Å². The topological polar surface area (TPSA) is 54.9 Å². The number of methoxy groups -OCH3 is 1. The Morgan fingerprint density at radius 3 is 2.19 bits per heavy atom. The number of amides is 1. The van der Waals surface area contributed by atoms with Crippen molar-refractivity contribution in [2.24, 2.45) is 11.8 Å². The third kappa shape index (κ3) is 8.52. The molecule has 3 aromatic rings. The summed E-state index contributed by atoms with van der Waals surface area (Å²) >= 11 is 0. The summed E-state index contributed by atoms with van der Waals surface area (Å²) in [6.45, 7) is 14.5. The zero-order valence-corrected chi connectivity index (χ0v) is 32.0. The van der Waals surface area contributed by atoms with Crippen LogP contribution in [-0.2, 0) is 9.22 Å². The fourth-order valence-electron chi connectivity index (χ4n) is 7.33. The Bertz CT molecular complexity index is 1510. The summed E-state index contributed by atoms with van der Waals surface area (Å²) in [5.74, 6) is 3.24. The largest absolute Gasteiger partial charge is 0.496 e. The summed E-state index contributed by atoms with van der Waals surface area (Å²) in [5, 5.41) is 0.189. The van der Waals surface area contributed by atoms with Crippen LogP contribution in [0, 0.1) is 18.8 Å². The van der Waals surface area contributed by atoms with Gasteiger partial charge >= 0.3 is 0 Å². The van der Waals surface area contributed by atoms with E-state index in [0.717, 1.165) is 86.3 Å². The maximum absolute atomic E-state index is 14.5. The molecule has 2 saturated carbocycles. The second kappa shape index (κ2) is 15.2. The predicted octanol–water partition coefficient (Wildman–Crippen LogP) is 10.0. The minimum atomic E-state index is -1.84. The van der Waals surface area contributed by atoms with Crippen LogP contribution in [0.4, 0.5) is 11.5 Å². The van der Waals surface area contributed by atoms with Gasteiger partial charge < -0.3 is 19.0 Å². The van der Waals surface area contributed by atoms with E-state index in [1.807, 2.05) is 25.2 Å². The predicted molar refractivity (Wildman–Crippen MR) is 203 cm³/mol. The van der Waals surface area contributed by atoms with E-state index in [4.69, 9.17) is 9.16 Å². The number of nitrogens with zero attached hydrogens (tertiary/aromatic N) is 3. The third-order valence-corrected chi connectivity index (χ3v) is 16.0. The molecule has 2 aliphatic carbocycles. The van der Waals surface area contributed by atoms with Crippen LogP contribution in [0.1, 0.15) is 89.2 Å². The summed E-state index contributed by atoms with van der Waals surface area (Å²) in [6, 6.07) is 19.4. The summed E-state index contributed by atoms with van der Waals surface area (Å²) in [4.78, 5) is 23.4. The lowest BCUT2D eigenvalue weighted by molar-refractivity contribution is -0.124. The summed E-state index contributed by atoms with van der Waals surface area (Å²) in [5.41, 5.74) is 5.77. The van der Waals surface area contributed by atoms with E-state index in [-0.39, 0.29) is 23.0 Å². The van der Waals surface area contributed by atoms with Crippen molar-refractivity contribution in [1.82, 2.24) is 4.98 Å². The molecule has 0 aliphatic heterocycles. The lowest BCUT2D eigenvalue weighted by atomic mass is 9.78. The molecule has 0 radical (unpaired) electrons. The molecule has 0 atom stereocenters. The van der Waals surface area contributed by atoms with Gasteiger partial charge in [-0.05, 0) is 135 Å². The molecule has 0 bridgehead atoms. The molecule has 1 heterocycles. The van der Waals surface area contributed by atoms with Gasteiger partial charge in [-0.15, -0.1) is 0 Å². The maximum atomic E-state index is 14.5. The highest BCUT2D eigenvalue weighted by Gasteiger charge is 2.41. The Morgan fingerprint density at radius 1 is 0.896 bits per heavy atom. The summed E-state index contributed by atoms with van der Waals surface area (Å²) in [6.07, 6.45) is 10.5. The van der Waals surface area contributed by atoms with Crippen LogP contribution < -0.4 is 14.5 Å². The van der Waals surface area contributed by atoms with Gasteiger partial charge in [-0.3, -0.25) is 4.79 Å². The first-order valence-electron chi connectivity index (χ1n) is 18.1. The maximum Gasteiger partial charge on any atom is 0.230 e. The van der Waals surface area contributed by atoms with E-state index in [1.165, 1.54) is 11.1 Å². The van der Waals surface area contributed by atoms with Gasteiger partial charge in [0.25, 0.3) is 0 Å². The number of pyridine rings is 1. The zero-order chi connectivity index (χ0) is 34.6. The van der Waals surface area contributed by atoms with Crippen LogP contribution in [0.2, 0.25) is 18.1 Å². The molecule has 48 heavy (non-hydrogen) atoms. The zero-order valence-electron chi connectivity index (χ0n) is 31.0. The fraction of sp³-hybridized carbons (Fsp3) is 0.561. The van der Waals surface area contributed by atoms with E-state index in [2.05, 4.69) is 105 Å². The lowest BCUT2D eigenvalue weighted by Gasteiger charge is -2.41. The molecule has 0 unspecified atom stereocenters. The van der Waals surface area contributed by atoms with Gasteiger partial charge in [0.2, 0.25) is 5.91 Å². The Morgan fingerprint density at radius 2 is 1.60 bits per heavy atom. The van der Waals surface area contributed by atoms with Crippen molar-refractivity contribution in [3.8, 4) is 16.9 Å². The summed E-state index contributed by atoms with van der Waals surface area (Å²) in [7, 11) is 3.91. The van der Waals surface area contributed by atoms with Crippen LogP contribution >= 0.6 is 0 Å². The standard InChI is InChI=1S/C41H59N3O3Si/c1-29-25-34(19-23-38(29)46-7)31-15-13-30(14-16-31)28-44(36-12-10-11-33(26-36)35-20-24-39(42-27-35)43(5)6)40(45)32-17-21-37(22-18-32)47-48(8,9)41(2,3)4/h10-12,19-20,23-27,30-32,37H,13-18,21-22,28H2,1-9H3/t30-,31-,32-,37-. The van der Waals surface area contributed by atoms with Crippen molar-refractivity contribution >= 4 is 25.7 Å². The van der Waals surface area contributed by atoms with Crippen molar-refractivity contribution in [2.45, 2.75) is 109 Å². The van der Waals surface area contributed by atoms with E-state index in [0.29, 0.717) is 11.8 Å². The lowest BCUT2D eigenvalue weighted by Crippen LogP contribution is -2.46. The normalized spacial score (nSPS) is 21.9. The first-order chi connectivity index (χ1) is 22.8. The van der Waals surface area contributed by atoms with Crippen LogP contribution in [-0.4, -0.2) is 53.1 Å². The number of carbonyl (C=O) groups excluding carboxylic acids is 1. The molecule has 1 aromatic heterocycles. The van der Waals surface area contributed by atoms with Gasteiger partial charge in [-0.1, -0.05) is 45.0 Å². The SMILES string of the molecule is COc1ccc([C@H]2CC[C@H](CN(c3cccc(-c4ccc(N(C)C)nc4)c3)C(=O)[C@H]3CC[C@H](O[Si](C)(C)C(C)(C)C)CC3)CC2)cc1C. The minimum absolute atomic E-state index is 0.0348. The van der Waals surface area contributed by atoms with Gasteiger partial charge in [-0.25, -0.2) is 4.98 Å². The van der Waals surface area contributed by atoms with Gasteiger partial charge in [0.05, 0.1) is 7.11 Å². The monoisotopic (exact) mass is 669 g/mol. The molecule has 5 rings (SSSR count). The van der Waals surface area contributed by atoms with Crippen molar-refractivity contribution < 1.29 is 14.0 Å². The van der Waals surface area contributed by atoms with Crippen molar-refractivity contribution in [2.75, 3.05) is 37.5 Å². The molecule has 6 nitrogen and oxygen atoms in total. The number of carbonyl (C=O) groups is 1. The molecule has 7 heteroatoms. The highest BCUT2D eigenvalue weighted by Crippen LogP contribution is 2.41. The van der Waals surface area contributed by atoms with E-state index >= 15 is 0 Å². The second-order valence-electron chi connectivity index (χ2n) is 16.1. The first-order valence-corrected chi connectivity index (χ1v) is 21.0. The fourth-order valence-corrected chi connectivity index (χ4v) is 8.75. The van der Waals surface area contributed by atoms with Crippen LogP contribution in [0.15, 0.2) is 60.8 Å². The number of hydrogen-bond acceptors (Lipinski definition) is 5. The van der Waals surface area contributed by atoms with Gasteiger partial charge in [-0.2, -0.15) is 0 Å². The number of anilines is 2. The second-order valence-corrected chi connectivity index (χ2v) is 20.9.